The number of carbonyl (C=O) groups is 1. The first-order valence-electron chi connectivity index (χ1n) is 10.2. The van der Waals surface area contributed by atoms with Crippen molar-refractivity contribution in [2.75, 3.05) is 30.1 Å². The van der Waals surface area contributed by atoms with Gasteiger partial charge in [0.05, 0.1) is 48.5 Å². The quantitative estimate of drug-likeness (QED) is 0.444. The Bertz CT molecular complexity index is 1070. The number of amides is 1. The van der Waals surface area contributed by atoms with E-state index in [1.807, 2.05) is 26.1 Å². The van der Waals surface area contributed by atoms with Crippen LogP contribution in [0, 0.1) is 12.7 Å². The van der Waals surface area contributed by atoms with Gasteiger partial charge in [0.25, 0.3) is 0 Å². The molecule has 3 aromatic rings. The van der Waals surface area contributed by atoms with Crippen LogP contribution in [-0.2, 0) is 22.6 Å². The number of methoxy groups -OCH3 is 1. The molecule has 3 rings (SSSR count). The Morgan fingerprint density at radius 2 is 2.06 bits per heavy atom. The van der Waals surface area contributed by atoms with E-state index >= 15 is 0 Å². The van der Waals surface area contributed by atoms with Crippen LogP contribution in [0.5, 0.6) is 0 Å². The molecule has 0 saturated heterocycles. The van der Waals surface area contributed by atoms with E-state index in [1.54, 1.807) is 31.2 Å². The van der Waals surface area contributed by atoms with Crippen LogP contribution in [0.1, 0.15) is 30.2 Å². The summed E-state index contributed by atoms with van der Waals surface area (Å²) in [6, 6.07) is 3.28. The van der Waals surface area contributed by atoms with E-state index in [0.29, 0.717) is 30.3 Å². The van der Waals surface area contributed by atoms with Gasteiger partial charge in [-0.2, -0.15) is 5.10 Å². The largest absolute Gasteiger partial charge is 0.386 e. The molecule has 0 aliphatic heterocycles. The normalized spacial score (nSPS) is 11.8. The number of hydrogen-bond acceptors (Lipinski definition) is 7. The minimum Gasteiger partial charge on any atom is -0.386 e. The van der Waals surface area contributed by atoms with Crippen LogP contribution in [0.25, 0.3) is 0 Å². The summed E-state index contributed by atoms with van der Waals surface area (Å²) < 4.78 is 20.2. The molecule has 0 aliphatic rings. The number of halogens is 1. The lowest BCUT2D eigenvalue weighted by atomic mass is 10.2. The zero-order valence-electron chi connectivity index (χ0n) is 18.6. The molecule has 32 heavy (non-hydrogen) atoms. The average molecular weight is 442 g/mol. The molecule has 0 bridgehead atoms. The Hall–Kier alpha value is -3.53. The van der Waals surface area contributed by atoms with Gasteiger partial charge in [-0.1, -0.05) is 0 Å². The Morgan fingerprint density at radius 1 is 1.25 bits per heavy atom. The van der Waals surface area contributed by atoms with Crippen molar-refractivity contribution >= 4 is 23.1 Å². The first-order valence-corrected chi connectivity index (χ1v) is 10.2. The maximum absolute atomic E-state index is 13.3. The SMILES string of the molecule is CNc1cc(NCc2cnn(Cc3cncc(F)c3)c2)nc(C)c1NC(=O)C[C@@H](C)OC. The Labute approximate surface area is 186 Å². The van der Waals surface area contributed by atoms with Crippen LogP contribution in [0.2, 0.25) is 0 Å². The van der Waals surface area contributed by atoms with Crippen molar-refractivity contribution in [1.29, 1.82) is 0 Å². The molecule has 0 aliphatic carbocycles. The van der Waals surface area contributed by atoms with Gasteiger partial charge in [0, 0.05) is 44.7 Å². The molecule has 170 valence electrons. The van der Waals surface area contributed by atoms with E-state index in [-0.39, 0.29) is 24.2 Å². The van der Waals surface area contributed by atoms with Crippen LogP contribution in [0.15, 0.2) is 36.9 Å². The maximum Gasteiger partial charge on any atom is 0.227 e. The zero-order chi connectivity index (χ0) is 23.1. The van der Waals surface area contributed by atoms with Crippen molar-refractivity contribution in [1.82, 2.24) is 19.7 Å². The highest BCUT2D eigenvalue weighted by molar-refractivity contribution is 5.95. The molecular formula is C22H28FN7O2. The van der Waals surface area contributed by atoms with Gasteiger partial charge < -0.3 is 20.7 Å². The van der Waals surface area contributed by atoms with E-state index in [0.717, 1.165) is 16.8 Å². The second-order valence-corrected chi connectivity index (χ2v) is 7.48. The highest BCUT2D eigenvalue weighted by Gasteiger charge is 2.14. The highest BCUT2D eigenvalue weighted by Crippen LogP contribution is 2.28. The topological polar surface area (TPSA) is 106 Å². The van der Waals surface area contributed by atoms with Crippen LogP contribution >= 0.6 is 0 Å². The zero-order valence-corrected chi connectivity index (χ0v) is 18.6. The summed E-state index contributed by atoms with van der Waals surface area (Å²) in [6.07, 6.45) is 6.51. The molecule has 0 spiro atoms. The van der Waals surface area contributed by atoms with Crippen molar-refractivity contribution in [2.24, 2.45) is 0 Å². The highest BCUT2D eigenvalue weighted by atomic mass is 19.1. The number of aryl methyl sites for hydroxylation is 1. The maximum atomic E-state index is 13.3. The van der Waals surface area contributed by atoms with E-state index < -0.39 is 0 Å². The van der Waals surface area contributed by atoms with E-state index in [1.165, 1.54) is 12.3 Å². The number of nitrogens with one attached hydrogen (secondary N) is 3. The number of rotatable bonds is 10. The van der Waals surface area contributed by atoms with E-state index in [2.05, 4.69) is 31.0 Å². The Balaban J connectivity index is 1.63. The molecule has 3 N–H and O–H groups in total. The lowest BCUT2D eigenvalue weighted by Gasteiger charge is -2.16. The standard InChI is InChI=1S/C22H28FN7O2/c1-14(32-4)5-21(31)29-22-15(2)28-20(7-19(22)24-3)26-9-17-10-27-30(13-17)12-16-6-18(23)11-25-8-16/h6-8,10-11,13-14H,5,9,12H2,1-4H3,(H,29,31)(H2,24,26,28)/t14-/m1/s1. The van der Waals surface area contributed by atoms with Gasteiger partial charge in [-0.25, -0.2) is 9.37 Å². The van der Waals surface area contributed by atoms with Gasteiger partial charge in [0.2, 0.25) is 5.91 Å². The molecule has 0 saturated carbocycles. The van der Waals surface area contributed by atoms with Gasteiger partial charge >= 0.3 is 0 Å². The van der Waals surface area contributed by atoms with Crippen LogP contribution in [0.3, 0.4) is 0 Å². The summed E-state index contributed by atoms with van der Waals surface area (Å²) in [6.45, 7) is 4.62. The number of carbonyl (C=O) groups excluding carboxylic acids is 1. The second-order valence-electron chi connectivity index (χ2n) is 7.48. The Morgan fingerprint density at radius 3 is 2.78 bits per heavy atom. The number of hydrogen-bond donors (Lipinski definition) is 3. The number of anilines is 3. The summed E-state index contributed by atoms with van der Waals surface area (Å²) in [5.41, 5.74) is 3.77. The molecule has 3 heterocycles. The molecular weight excluding hydrogens is 413 g/mol. The van der Waals surface area contributed by atoms with Crippen molar-refractivity contribution < 1.29 is 13.9 Å². The van der Waals surface area contributed by atoms with Gasteiger partial charge in [-0.05, 0) is 25.5 Å². The first-order chi connectivity index (χ1) is 15.4. The predicted octanol–water partition coefficient (Wildman–Crippen LogP) is 3.19. The number of nitrogens with zero attached hydrogens (tertiary/aromatic N) is 4. The van der Waals surface area contributed by atoms with E-state index in [4.69, 9.17) is 4.74 Å². The summed E-state index contributed by atoms with van der Waals surface area (Å²) in [7, 11) is 3.37. The average Bonchev–Trinajstić information content (AvgIpc) is 3.20. The minimum atomic E-state index is -0.369. The van der Waals surface area contributed by atoms with Gasteiger partial charge in [0.1, 0.15) is 11.6 Å². The molecule has 10 heteroatoms. The van der Waals surface area contributed by atoms with Crippen molar-refractivity contribution in [3.05, 3.63) is 59.6 Å². The minimum absolute atomic E-state index is 0.137. The third kappa shape index (κ3) is 6.24. The first kappa shape index (κ1) is 23.1. The molecule has 1 amide bonds. The summed E-state index contributed by atoms with van der Waals surface area (Å²) >= 11 is 0. The lowest BCUT2D eigenvalue weighted by Crippen LogP contribution is -2.20. The van der Waals surface area contributed by atoms with Crippen LogP contribution in [0.4, 0.5) is 21.6 Å². The van der Waals surface area contributed by atoms with Crippen molar-refractivity contribution in [2.45, 2.75) is 39.5 Å². The molecule has 3 aromatic heterocycles. The van der Waals surface area contributed by atoms with Gasteiger partial charge in [-0.3, -0.25) is 14.5 Å². The summed E-state index contributed by atoms with van der Waals surface area (Å²) in [4.78, 5) is 20.7. The predicted molar refractivity (Wildman–Crippen MR) is 121 cm³/mol. The number of pyridine rings is 2. The third-order valence-corrected chi connectivity index (χ3v) is 4.88. The number of ether oxygens (including phenoxy) is 1. The fourth-order valence-electron chi connectivity index (χ4n) is 3.16. The molecule has 0 aromatic carbocycles. The molecule has 0 unspecified atom stereocenters. The van der Waals surface area contributed by atoms with Gasteiger partial charge in [-0.15, -0.1) is 0 Å². The third-order valence-electron chi connectivity index (χ3n) is 4.88. The summed E-state index contributed by atoms with van der Waals surface area (Å²) in [5.74, 6) is 0.158. The Kier molecular flexibility index (Phi) is 7.72. The monoisotopic (exact) mass is 441 g/mol. The summed E-state index contributed by atoms with van der Waals surface area (Å²) in [5, 5.41) is 13.6. The lowest BCUT2D eigenvalue weighted by molar-refractivity contribution is -0.118. The molecule has 0 fully saturated rings. The van der Waals surface area contributed by atoms with E-state index in [9.17, 15) is 9.18 Å². The fraction of sp³-hybridized carbons (Fsp3) is 0.364. The van der Waals surface area contributed by atoms with Crippen LogP contribution in [-0.4, -0.2) is 45.9 Å². The van der Waals surface area contributed by atoms with Gasteiger partial charge in [0.15, 0.2) is 0 Å². The fourth-order valence-corrected chi connectivity index (χ4v) is 3.16. The van der Waals surface area contributed by atoms with Crippen molar-refractivity contribution in [3.8, 4) is 0 Å². The number of aromatic nitrogens is 4. The molecule has 1 atom stereocenters. The second kappa shape index (κ2) is 10.7. The molecule has 9 nitrogen and oxygen atoms in total. The van der Waals surface area contributed by atoms with Crippen LogP contribution < -0.4 is 16.0 Å². The molecule has 0 radical (unpaired) electrons. The van der Waals surface area contributed by atoms with Crippen molar-refractivity contribution in [3.63, 3.8) is 0 Å². The smallest absolute Gasteiger partial charge is 0.227 e.